The van der Waals surface area contributed by atoms with Crippen LogP contribution in [0.15, 0.2) is 24.3 Å². The number of amides is 2. The van der Waals surface area contributed by atoms with Crippen LogP contribution in [-0.4, -0.2) is 88.3 Å². The number of nitrogens with zero attached hydrogens (tertiary/aromatic N) is 4. The van der Waals surface area contributed by atoms with E-state index in [4.69, 9.17) is 4.74 Å². The van der Waals surface area contributed by atoms with Crippen LogP contribution in [0.3, 0.4) is 0 Å². The minimum Gasteiger partial charge on any atom is -0.444 e. The highest BCUT2D eigenvalue weighted by atomic mass is 32.2. The molecule has 11 heteroatoms. The average Bonchev–Trinajstić information content (AvgIpc) is 3.49. The topological polar surface area (TPSA) is 108 Å². The zero-order valence-corrected chi connectivity index (χ0v) is 21.5. The lowest BCUT2D eigenvalue weighted by Gasteiger charge is -2.35. The number of nitro groups is 1. The van der Waals surface area contributed by atoms with Crippen molar-refractivity contribution in [3.63, 3.8) is 0 Å². The van der Waals surface area contributed by atoms with Crippen LogP contribution in [-0.2, 0) is 9.53 Å². The fourth-order valence-electron chi connectivity index (χ4n) is 4.93. The zero-order chi connectivity index (χ0) is 25.2. The number of hydrogen-bond acceptors (Lipinski definition) is 8. The Morgan fingerprint density at radius 1 is 1.11 bits per heavy atom. The number of likely N-dealkylation sites (tertiary alicyclic amines) is 1. The lowest BCUT2D eigenvalue weighted by atomic mass is 10.0. The van der Waals surface area contributed by atoms with E-state index in [0.29, 0.717) is 18.8 Å². The van der Waals surface area contributed by atoms with Crippen molar-refractivity contribution in [1.29, 1.82) is 0 Å². The Bertz CT molecular complexity index is 923. The molecule has 0 radical (unpaired) electrons. The maximum atomic E-state index is 13.2. The van der Waals surface area contributed by atoms with E-state index in [2.05, 4.69) is 10.2 Å². The smallest absolute Gasteiger partial charge is 0.411 e. The van der Waals surface area contributed by atoms with E-state index in [9.17, 15) is 19.7 Å². The molecule has 0 saturated carbocycles. The fraction of sp³-hybridized carbons (Fsp3) is 0.667. The molecule has 2 atom stereocenters. The third-order valence-electron chi connectivity index (χ3n) is 6.67. The number of thioether (sulfide) groups is 1. The van der Waals surface area contributed by atoms with Crippen molar-refractivity contribution < 1.29 is 19.2 Å². The number of hydrogen-bond donors (Lipinski definition) is 1. The van der Waals surface area contributed by atoms with E-state index >= 15 is 0 Å². The number of anilines is 1. The molecule has 1 N–H and O–H groups in total. The maximum Gasteiger partial charge on any atom is 0.411 e. The van der Waals surface area contributed by atoms with Crippen LogP contribution in [0.25, 0.3) is 0 Å². The first-order valence-corrected chi connectivity index (χ1v) is 13.4. The van der Waals surface area contributed by atoms with Crippen LogP contribution >= 0.6 is 11.8 Å². The van der Waals surface area contributed by atoms with Crippen LogP contribution in [0.2, 0.25) is 0 Å². The second-order valence-electron chi connectivity index (χ2n) is 10.4. The summed E-state index contributed by atoms with van der Waals surface area (Å²) in [5.41, 5.74) is 0.461. The summed E-state index contributed by atoms with van der Waals surface area (Å²) in [6, 6.07) is 6.50. The highest BCUT2D eigenvalue weighted by Crippen LogP contribution is 2.27. The molecule has 35 heavy (non-hydrogen) atoms. The summed E-state index contributed by atoms with van der Waals surface area (Å²) >= 11 is 1.74. The Kier molecular flexibility index (Phi) is 7.75. The molecular formula is C24H35N5O5S. The van der Waals surface area contributed by atoms with Gasteiger partial charge in [0.1, 0.15) is 11.6 Å². The Morgan fingerprint density at radius 2 is 1.80 bits per heavy atom. The van der Waals surface area contributed by atoms with E-state index in [-0.39, 0.29) is 28.6 Å². The van der Waals surface area contributed by atoms with Gasteiger partial charge < -0.3 is 19.9 Å². The molecule has 3 aliphatic heterocycles. The van der Waals surface area contributed by atoms with Gasteiger partial charge in [0, 0.05) is 61.8 Å². The molecular weight excluding hydrogens is 470 g/mol. The number of piperidine rings is 1. The quantitative estimate of drug-likeness (QED) is 0.481. The lowest BCUT2D eigenvalue weighted by Crippen LogP contribution is -2.48. The van der Waals surface area contributed by atoms with Gasteiger partial charge in [0.05, 0.1) is 10.8 Å². The SMILES string of the molecule is CC(C)(C)OC(=O)N1C[C@@H](NC2CCN(c3ccc([N+](=O)[O-])cc3)CC2)C[C@H]1C(=O)N1CCSC1. The van der Waals surface area contributed by atoms with Crippen molar-refractivity contribution in [3.05, 3.63) is 34.4 Å². The van der Waals surface area contributed by atoms with Gasteiger partial charge in [-0.05, 0) is 52.2 Å². The number of ether oxygens (including phenoxy) is 1. The first kappa shape index (κ1) is 25.6. The zero-order valence-electron chi connectivity index (χ0n) is 20.6. The number of rotatable bonds is 5. The number of non-ortho nitro benzene ring substituents is 1. The third-order valence-corrected chi connectivity index (χ3v) is 7.64. The molecule has 0 aromatic heterocycles. The monoisotopic (exact) mass is 505 g/mol. The van der Waals surface area contributed by atoms with Crippen LogP contribution < -0.4 is 10.2 Å². The summed E-state index contributed by atoms with van der Waals surface area (Å²) in [4.78, 5) is 42.4. The second kappa shape index (κ2) is 10.6. The Hall–Kier alpha value is -2.53. The summed E-state index contributed by atoms with van der Waals surface area (Å²) in [7, 11) is 0. The molecule has 0 unspecified atom stereocenters. The van der Waals surface area contributed by atoms with Crippen molar-refractivity contribution in [3.8, 4) is 0 Å². The molecule has 3 saturated heterocycles. The molecule has 4 rings (SSSR count). The predicted molar refractivity (Wildman–Crippen MR) is 136 cm³/mol. The van der Waals surface area contributed by atoms with Crippen molar-refractivity contribution >= 4 is 35.1 Å². The predicted octanol–water partition coefficient (Wildman–Crippen LogP) is 3.06. The molecule has 192 valence electrons. The normalized spacial score (nSPS) is 23.6. The van der Waals surface area contributed by atoms with Crippen molar-refractivity contribution in [2.45, 2.75) is 63.8 Å². The van der Waals surface area contributed by atoms with Crippen LogP contribution in [0.5, 0.6) is 0 Å². The second-order valence-corrected chi connectivity index (χ2v) is 11.5. The molecule has 1 aromatic carbocycles. The Labute approximate surface area is 210 Å². The highest BCUT2D eigenvalue weighted by molar-refractivity contribution is 7.99. The molecule has 0 aliphatic carbocycles. The first-order chi connectivity index (χ1) is 16.6. The van der Waals surface area contributed by atoms with E-state index in [1.807, 2.05) is 25.7 Å². The standard InChI is InChI=1S/C24H35N5O5S/c1-24(2,3)34-23(31)28-15-18(14-21(28)22(30)27-12-13-35-16-27)25-17-8-10-26(11-9-17)19-4-6-20(7-5-19)29(32)33/h4-7,17-18,21,25H,8-16H2,1-3H3/t18-,21-/m0/s1. The van der Waals surface area contributed by atoms with Gasteiger partial charge in [-0.1, -0.05) is 0 Å². The van der Waals surface area contributed by atoms with Crippen LogP contribution in [0.1, 0.15) is 40.0 Å². The third kappa shape index (κ3) is 6.38. The summed E-state index contributed by atoms with van der Waals surface area (Å²) in [5, 5.41) is 14.6. The van der Waals surface area contributed by atoms with Gasteiger partial charge in [-0.3, -0.25) is 19.8 Å². The molecule has 3 aliphatic rings. The summed E-state index contributed by atoms with van der Waals surface area (Å²) < 4.78 is 5.62. The van der Waals surface area contributed by atoms with Gasteiger partial charge in [0.2, 0.25) is 5.91 Å². The number of benzene rings is 1. The molecule has 2 amide bonds. The first-order valence-electron chi connectivity index (χ1n) is 12.2. The number of nitro benzene ring substituents is 1. The van der Waals surface area contributed by atoms with E-state index in [1.54, 1.807) is 40.9 Å². The molecule has 10 nitrogen and oxygen atoms in total. The number of carbonyl (C=O) groups is 2. The van der Waals surface area contributed by atoms with Gasteiger partial charge in [-0.15, -0.1) is 11.8 Å². The highest BCUT2D eigenvalue weighted by Gasteiger charge is 2.44. The van der Waals surface area contributed by atoms with Crippen molar-refractivity contribution in [2.24, 2.45) is 0 Å². The minimum absolute atomic E-state index is 0.0122. The van der Waals surface area contributed by atoms with Gasteiger partial charge in [0.15, 0.2) is 0 Å². The lowest BCUT2D eigenvalue weighted by molar-refractivity contribution is -0.384. The van der Waals surface area contributed by atoms with Crippen LogP contribution in [0, 0.1) is 10.1 Å². The number of carbonyl (C=O) groups excluding carboxylic acids is 2. The molecule has 0 bridgehead atoms. The summed E-state index contributed by atoms with van der Waals surface area (Å²) in [5.74, 6) is 1.62. The largest absolute Gasteiger partial charge is 0.444 e. The van der Waals surface area contributed by atoms with E-state index in [0.717, 1.165) is 43.9 Å². The Morgan fingerprint density at radius 3 is 2.37 bits per heavy atom. The van der Waals surface area contributed by atoms with Gasteiger partial charge in [-0.25, -0.2) is 4.79 Å². The van der Waals surface area contributed by atoms with Crippen molar-refractivity contribution in [2.75, 3.05) is 42.7 Å². The summed E-state index contributed by atoms with van der Waals surface area (Å²) in [6.45, 7) is 8.36. The molecule has 3 fully saturated rings. The van der Waals surface area contributed by atoms with Gasteiger partial charge >= 0.3 is 6.09 Å². The minimum atomic E-state index is -0.621. The van der Waals surface area contributed by atoms with Crippen LogP contribution in [0.4, 0.5) is 16.2 Å². The fourth-order valence-corrected chi connectivity index (χ4v) is 5.89. The molecule has 0 spiro atoms. The average molecular weight is 506 g/mol. The van der Waals surface area contributed by atoms with Gasteiger partial charge in [-0.2, -0.15) is 0 Å². The van der Waals surface area contributed by atoms with E-state index < -0.39 is 17.7 Å². The molecule has 3 heterocycles. The maximum absolute atomic E-state index is 13.2. The van der Waals surface area contributed by atoms with Gasteiger partial charge in [0.25, 0.3) is 5.69 Å². The van der Waals surface area contributed by atoms with Crippen molar-refractivity contribution in [1.82, 2.24) is 15.1 Å². The number of nitrogens with one attached hydrogen (secondary N) is 1. The van der Waals surface area contributed by atoms with E-state index in [1.165, 1.54) is 0 Å². The Balaban J connectivity index is 1.35. The molecule has 1 aromatic rings. The summed E-state index contributed by atoms with van der Waals surface area (Å²) in [6.07, 6.45) is 1.99.